The van der Waals surface area contributed by atoms with Crippen LogP contribution in [0.5, 0.6) is 0 Å². The van der Waals surface area contributed by atoms with Gasteiger partial charge in [-0.1, -0.05) is 16.7 Å². The van der Waals surface area contributed by atoms with Crippen LogP contribution in [0.1, 0.15) is 47.3 Å². The molecule has 2 aromatic heterocycles. The fraction of sp³-hybridized carbons (Fsp3) is 0.455. The number of carbonyl (C=O) groups excluding carboxylic acids is 1. The Bertz CT molecular complexity index is 570. The first-order valence-corrected chi connectivity index (χ1v) is 5.80. The van der Waals surface area contributed by atoms with Crippen LogP contribution < -0.4 is 5.32 Å². The minimum atomic E-state index is -0.434. The topological polar surface area (TPSA) is 94.1 Å². The van der Waals surface area contributed by atoms with Crippen LogP contribution in [0.3, 0.4) is 0 Å². The Kier molecular flexibility index (Phi) is 2.58. The molecule has 1 aliphatic carbocycles. The van der Waals surface area contributed by atoms with Gasteiger partial charge in [-0.25, -0.2) is 0 Å². The SMILES string of the molecule is Cc1noc(NC(=O)c2cc(C3CCC3)no2)n1. The van der Waals surface area contributed by atoms with Gasteiger partial charge in [-0.2, -0.15) is 4.98 Å². The summed E-state index contributed by atoms with van der Waals surface area (Å²) in [7, 11) is 0. The summed E-state index contributed by atoms with van der Waals surface area (Å²) in [5.74, 6) is 0.614. The molecule has 2 aromatic rings. The van der Waals surface area contributed by atoms with Gasteiger partial charge in [0.05, 0.1) is 5.69 Å². The van der Waals surface area contributed by atoms with Crippen LogP contribution in [0.4, 0.5) is 6.01 Å². The van der Waals surface area contributed by atoms with Gasteiger partial charge in [0, 0.05) is 12.0 Å². The van der Waals surface area contributed by atoms with Crippen LogP contribution >= 0.6 is 0 Å². The number of nitrogens with one attached hydrogen (secondary N) is 1. The molecule has 18 heavy (non-hydrogen) atoms. The molecule has 0 spiro atoms. The van der Waals surface area contributed by atoms with Crippen molar-refractivity contribution in [3.8, 4) is 0 Å². The summed E-state index contributed by atoms with van der Waals surface area (Å²) in [4.78, 5) is 15.7. The third-order valence-electron chi connectivity index (χ3n) is 3.02. The van der Waals surface area contributed by atoms with Gasteiger partial charge >= 0.3 is 6.01 Å². The zero-order chi connectivity index (χ0) is 12.5. The van der Waals surface area contributed by atoms with Crippen molar-refractivity contribution >= 4 is 11.9 Å². The molecule has 7 nitrogen and oxygen atoms in total. The average molecular weight is 248 g/mol. The average Bonchev–Trinajstić information content (AvgIpc) is 2.86. The Morgan fingerprint density at radius 3 is 2.83 bits per heavy atom. The molecule has 0 radical (unpaired) electrons. The molecule has 0 unspecified atom stereocenters. The zero-order valence-electron chi connectivity index (χ0n) is 9.84. The normalized spacial score (nSPS) is 15.4. The van der Waals surface area contributed by atoms with E-state index in [1.807, 2.05) is 0 Å². The summed E-state index contributed by atoms with van der Waals surface area (Å²) in [6, 6.07) is 1.72. The Hall–Kier alpha value is -2.18. The van der Waals surface area contributed by atoms with Crippen molar-refractivity contribution in [2.45, 2.75) is 32.1 Å². The monoisotopic (exact) mass is 248 g/mol. The lowest BCUT2D eigenvalue weighted by atomic mass is 9.83. The lowest BCUT2D eigenvalue weighted by molar-refractivity contribution is 0.0984. The second kappa shape index (κ2) is 4.25. The number of rotatable bonds is 3. The van der Waals surface area contributed by atoms with Crippen LogP contribution in [-0.2, 0) is 0 Å². The van der Waals surface area contributed by atoms with Gasteiger partial charge in [0.1, 0.15) is 0 Å². The number of hydrogen-bond donors (Lipinski definition) is 1. The van der Waals surface area contributed by atoms with Crippen molar-refractivity contribution in [1.29, 1.82) is 0 Å². The fourth-order valence-electron chi connectivity index (χ4n) is 1.80. The van der Waals surface area contributed by atoms with Crippen molar-refractivity contribution in [3.05, 3.63) is 23.3 Å². The maximum Gasteiger partial charge on any atom is 0.328 e. The highest BCUT2D eigenvalue weighted by Gasteiger charge is 2.25. The largest absolute Gasteiger partial charge is 0.351 e. The van der Waals surface area contributed by atoms with Gasteiger partial charge < -0.3 is 9.05 Å². The molecule has 3 rings (SSSR count). The van der Waals surface area contributed by atoms with Gasteiger partial charge in [-0.05, 0) is 19.8 Å². The molecule has 1 amide bonds. The van der Waals surface area contributed by atoms with E-state index in [1.54, 1.807) is 13.0 Å². The van der Waals surface area contributed by atoms with Crippen molar-refractivity contribution in [2.24, 2.45) is 0 Å². The van der Waals surface area contributed by atoms with Gasteiger partial charge in [0.15, 0.2) is 5.82 Å². The molecule has 0 aliphatic heterocycles. The van der Waals surface area contributed by atoms with E-state index in [1.165, 1.54) is 6.42 Å². The van der Waals surface area contributed by atoms with E-state index < -0.39 is 5.91 Å². The van der Waals surface area contributed by atoms with Crippen molar-refractivity contribution in [1.82, 2.24) is 15.3 Å². The third kappa shape index (κ3) is 1.99. The van der Waals surface area contributed by atoms with E-state index in [0.29, 0.717) is 11.7 Å². The summed E-state index contributed by atoms with van der Waals surface area (Å²) in [6.07, 6.45) is 3.42. The van der Waals surface area contributed by atoms with Crippen LogP contribution in [0.2, 0.25) is 0 Å². The molecule has 1 fully saturated rings. The predicted molar refractivity (Wildman–Crippen MR) is 60.1 cm³/mol. The second-order valence-corrected chi connectivity index (χ2v) is 4.34. The highest BCUT2D eigenvalue weighted by molar-refractivity contribution is 6.00. The molecule has 0 atom stereocenters. The molecule has 0 bridgehead atoms. The summed E-state index contributed by atoms with van der Waals surface area (Å²) < 4.78 is 9.80. The summed E-state index contributed by atoms with van der Waals surface area (Å²) >= 11 is 0. The minimum Gasteiger partial charge on any atom is -0.351 e. The maximum atomic E-state index is 11.8. The smallest absolute Gasteiger partial charge is 0.328 e. The van der Waals surface area contributed by atoms with Crippen LogP contribution in [0.15, 0.2) is 15.1 Å². The molecule has 7 heteroatoms. The Balaban J connectivity index is 1.70. The molecular weight excluding hydrogens is 236 g/mol. The number of hydrogen-bond acceptors (Lipinski definition) is 6. The Morgan fingerprint density at radius 2 is 2.22 bits per heavy atom. The highest BCUT2D eigenvalue weighted by atomic mass is 16.5. The van der Waals surface area contributed by atoms with E-state index in [2.05, 4.69) is 20.6 Å². The summed E-state index contributed by atoms with van der Waals surface area (Å²) in [5.41, 5.74) is 0.841. The molecule has 2 heterocycles. The molecule has 94 valence electrons. The zero-order valence-corrected chi connectivity index (χ0v) is 9.84. The summed E-state index contributed by atoms with van der Waals surface area (Å²) in [5, 5.41) is 9.93. The lowest BCUT2D eigenvalue weighted by Crippen LogP contribution is -2.11. The number of anilines is 1. The van der Waals surface area contributed by atoms with E-state index in [9.17, 15) is 4.79 Å². The van der Waals surface area contributed by atoms with Crippen LogP contribution in [0, 0.1) is 6.92 Å². The van der Waals surface area contributed by atoms with Crippen molar-refractivity contribution in [3.63, 3.8) is 0 Å². The molecular formula is C11H12N4O3. The van der Waals surface area contributed by atoms with Crippen molar-refractivity contribution < 1.29 is 13.8 Å². The number of amides is 1. The number of carbonyl (C=O) groups is 1. The Morgan fingerprint density at radius 1 is 1.39 bits per heavy atom. The lowest BCUT2D eigenvalue weighted by Gasteiger charge is -2.22. The molecule has 0 saturated heterocycles. The van der Waals surface area contributed by atoms with E-state index in [-0.39, 0.29) is 11.8 Å². The second-order valence-electron chi connectivity index (χ2n) is 4.34. The molecule has 1 N–H and O–H groups in total. The van der Waals surface area contributed by atoms with Crippen molar-refractivity contribution in [2.75, 3.05) is 5.32 Å². The third-order valence-corrected chi connectivity index (χ3v) is 3.02. The molecule has 1 saturated carbocycles. The van der Waals surface area contributed by atoms with E-state index >= 15 is 0 Å². The quantitative estimate of drug-likeness (QED) is 0.891. The molecule has 1 aliphatic rings. The number of nitrogens with zero attached hydrogens (tertiary/aromatic N) is 3. The van der Waals surface area contributed by atoms with Crippen LogP contribution in [0.25, 0.3) is 0 Å². The maximum absolute atomic E-state index is 11.8. The first-order chi connectivity index (χ1) is 8.72. The predicted octanol–water partition coefficient (Wildman–Crippen LogP) is 1.89. The van der Waals surface area contributed by atoms with E-state index in [0.717, 1.165) is 18.5 Å². The number of aryl methyl sites for hydroxylation is 1. The summed E-state index contributed by atoms with van der Waals surface area (Å²) in [6.45, 7) is 1.67. The van der Waals surface area contributed by atoms with Gasteiger partial charge in [-0.15, -0.1) is 0 Å². The Labute approximate surface area is 103 Å². The van der Waals surface area contributed by atoms with Gasteiger partial charge in [0.2, 0.25) is 5.76 Å². The van der Waals surface area contributed by atoms with Gasteiger partial charge in [-0.3, -0.25) is 10.1 Å². The van der Waals surface area contributed by atoms with Crippen LogP contribution in [-0.4, -0.2) is 21.2 Å². The van der Waals surface area contributed by atoms with Gasteiger partial charge in [0.25, 0.3) is 5.91 Å². The fourth-order valence-corrected chi connectivity index (χ4v) is 1.80. The minimum absolute atomic E-state index is 0.0547. The first-order valence-electron chi connectivity index (χ1n) is 5.80. The van der Waals surface area contributed by atoms with E-state index in [4.69, 9.17) is 9.05 Å². The molecule has 0 aromatic carbocycles. The standard InChI is InChI=1S/C11H12N4O3/c1-6-12-11(18-14-6)13-10(16)9-5-8(15-17-9)7-3-2-4-7/h5,7H,2-4H2,1H3,(H,12,13,14,16). The first kappa shape index (κ1) is 10.9. The highest BCUT2D eigenvalue weighted by Crippen LogP contribution is 2.35. The number of aromatic nitrogens is 3.